The molecular formula is C16H24N2O2. The van der Waals surface area contributed by atoms with Crippen LogP contribution in [-0.4, -0.2) is 24.2 Å². The van der Waals surface area contributed by atoms with E-state index < -0.39 is 11.4 Å². The van der Waals surface area contributed by atoms with Crippen LogP contribution in [0.1, 0.15) is 37.7 Å². The topological polar surface area (TPSA) is 78.3 Å². The maximum absolute atomic E-state index is 11.4. The summed E-state index contributed by atoms with van der Waals surface area (Å²) in [6.45, 7) is 0.703. The van der Waals surface area contributed by atoms with Crippen molar-refractivity contribution in [2.24, 2.45) is 11.5 Å². The van der Waals surface area contributed by atoms with Crippen molar-refractivity contribution < 1.29 is 9.53 Å². The largest absolute Gasteiger partial charge is 0.378 e. The summed E-state index contributed by atoms with van der Waals surface area (Å²) < 4.78 is 5.86. The number of hydrogen-bond acceptors (Lipinski definition) is 3. The van der Waals surface area contributed by atoms with Gasteiger partial charge in [-0.25, -0.2) is 0 Å². The Balaban J connectivity index is 1.70. The third kappa shape index (κ3) is 4.05. The first-order valence-electron chi connectivity index (χ1n) is 7.34. The van der Waals surface area contributed by atoms with Gasteiger partial charge < -0.3 is 16.2 Å². The molecule has 0 aliphatic heterocycles. The molecule has 0 saturated heterocycles. The Bertz CT molecular complexity index is 435. The summed E-state index contributed by atoms with van der Waals surface area (Å²) in [5.74, 6) is -0.407. The molecule has 4 heteroatoms. The van der Waals surface area contributed by atoms with E-state index in [0.717, 1.165) is 25.7 Å². The molecular weight excluding hydrogens is 252 g/mol. The summed E-state index contributed by atoms with van der Waals surface area (Å²) in [5.41, 5.74) is 11.9. The van der Waals surface area contributed by atoms with E-state index in [-0.39, 0.29) is 6.10 Å². The van der Waals surface area contributed by atoms with Crippen LogP contribution >= 0.6 is 0 Å². The molecule has 4 N–H and O–H groups in total. The predicted molar refractivity (Wildman–Crippen MR) is 79.1 cm³/mol. The van der Waals surface area contributed by atoms with Crippen LogP contribution in [0.25, 0.3) is 0 Å². The Hall–Kier alpha value is -1.39. The molecule has 4 nitrogen and oxygen atoms in total. The number of primary amides is 1. The molecule has 110 valence electrons. The molecule has 2 atom stereocenters. The Morgan fingerprint density at radius 1 is 1.35 bits per heavy atom. The Kier molecular flexibility index (Phi) is 5.15. The minimum Gasteiger partial charge on any atom is -0.378 e. The lowest BCUT2D eigenvalue weighted by molar-refractivity contribution is -0.126. The quantitative estimate of drug-likeness (QED) is 0.777. The molecule has 1 aliphatic rings. The zero-order valence-corrected chi connectivity index (χ0v) is 11.9. The summed E-state index contributed by atoms with van der Waals surface area (Å²) >= 11 is 0. The average molecular weight is 276 g/mol. The lowest BCUT2D eigenvalue weighted by Gasteiger charge is -2.35. The third-order valence-corrected chi connectivity index (χ3v) is 4.04. The molecule has 1 saturated carbocycles. The van der Waals surface area contributed by atoms with Crippen molar-refractivity contribution in [3.63, 3.8) is 0 Å². The van der Waals surface area contributed by atoms with Crippen LogP contribution in [0.4, 0.5) is 0 Å². The van der Waals surface area contributed by atoms with Crippen molar-refractivity contribution in [2.45, 2.75) is 50.2 Å². The van der Waals surface area contributed by atoms with Crippen molar-refractivity contribution in [3.8, 4) is 0 Å². The summed E-state index contributed by atoms with van der Waals surface area (Å²) in [4.78, 5) is 11.4. The van der Waals surface area contributed by atoms with Crippen LogP contribution in [0.3, 0.4) is 0 Å². The molecule has 0 spiro atoms. The Morgan fingerprint density at radius 2 is 2.10 bits per heavy atom. The number of nitrogens with two attached hydrogens (primary N) is 2. The van der Waals surface area contributed by atoms with Crippen LogP contribution in [0.5, 0.6) is 0 Å². The Morgan fingerprint density at radius 3 is 2.80 bits per heavy atom. The second-order valence-corrected chi connectivity index (χ2v) is 5.70. The number of amides is 1. The van der Waals surface area contributed by atoms with Gasteiger partial charge >= 0.3 is 0 Å². The number of ether oxygens (including phenoxy) is 1. The van der Waals surface area contributed by atoms with Gasteiger partial charge in [-0.3, -0.25) is 4.79 Å². The second kappa shape index (κ2) is 6.86. The molecule has 2 rings (SSSR count). The normalized spacial score (nSPS) is 26.4. The highest BCUT2D eigenvalue weighted by molar-refractivity contribution is 5.84. The van der Waals surface area contributed by atoms with Crippen LogP contribution < -0.4 is 11.5 Å². The highest BCUT2D eigenvalue weighted by Gasteiger charge is 2.38. The van der Waals surface area contributed by atoms with Gasteiger partial charge in [-0.05, 0) is 37.7 Å². The monoisotopic (exact) mass is 276 g/mol. The number of aryl methyl sites for hydroxylation is 1. The number of hydrogen-bond donors (Lipinski definition) is 2. The standard InChI is InChI=1S/C16H24N2O2/c17-15(19)16(18)10-4-9-14(12-16)20-11-5-8-13-6-2-1-3-7-13/h1-3,6-7,14H,4-5,8-12,18H2,(H2,17,19). The average Bonchev–Trinajstić information content (AvgIpc) is 2.45. The lowest BCUT2D eigenvalue weighted by atomic mass is 9.80. The summed E-state index contributed by atoms with van der Waals surface area (Å²) in [7, 11) is 0. The molecule has 1 fully saturated rings. The van der Waals surface area contributed by atoms with Gasteiger partial charge in [0, 0.05) is 13.0 Å². The van der Waals surface area contributed by atoms with Gasteiger partial charge in [0.15, 0.2) is 0 Å². The highest BCUT2D eigenvalue weighted by Crippen LogP contribution is 2.28. The fourth-order valence-corrected chi connectivity index (χ4v) is 2.79. The van der Waals surface area contributed by atoms with Crippen molar-refractivity contribution in [1.82, 2.24) is 0 Å². The van der Waals surface area contributed by atoms with Crippen LogP contribution in [0, 0.1) is 0 Å². The number of carbonyl (C=O) groups excluding carboxylic acids is 1. The van der Waals surface area contributed by atoms with E-state index in [2.05, 4.69) is 12.1 Å². The van der Waals surface area contributed by atoms with E-state index in [0.29, 0.717) is 19.4 Å². The van der Waals surface area contributed by atoms with Crippen LogP contribution in [0.2, 0.25) is 0 Å². The first-order chi connectivity index (χ1) is 9.60. The molecule has 1 aromatic rings. The van der Waals surface area contributed by atoms with Crippen molar-refractivity contribution in [2.75, 3.05) is 6.61 Å². The van der Waals surface area contributed by atoms with E-state index in [4.69, 9.17) is 16.2 Å². The second-order valence-electron chi connectivity index (χ2n) is 5.70. The fraction of sp³-hybridized carbons (Fsp3) is 0.562. The summed E-state index contributed by atoms with van der Waals surface area (Å²) in [6, 6.07) is 10.4. The van der Waals surface area contributed by atoms with E-state index in [1.54, 1.807) is 0 Å². The first-order valence-corrected chi connectivity index (χ1v) is 7.34. The Labute approximate surface area is 120 Å². The summed E-state index contributed by atoms with van der Waals surface area (Å²) in [5, 5.41) is 0. The predicted octanol–water partition coefficient (Wildman–Crippen LogP) is 1.76. The third-order valence-electron chi connectivity index (χ3n) is 4.04. The van der Waals surface area contributed by atoms with Gasteiger partial charge in [0.2, 0.25) is 5.91 Å². The lowest BCUT2D eigenvalue weighted by Crippen LogP contribution is -2.56. The highest BCUT2D eigenvalue weighted by atomic mass is 16.5. The van der Waals surface area contributed by atoms with Crippen LogP contribution in [0.15, 0.2) is 30.3 Å². The molecule has 1 aromatic carbocycles. The minimum absolute atomic E-state index is 0.0667. The van der Waals surface area contributed by atoms with Crippen molar-refractivity contribution in [1.29, 1.82) is 0 Å². The smallest absolute Gasteiger partial charge is 0.237 e. The molecule has 2 unspecified atom stereocenters. The SMILES string of the molecule is NC(=O)C1(N)CCCC(OCCCc2ccccc2)C1. The van der Waals surface area contributed by atoms with E-state index in [1.807, 2.05) is 18.2 Å². The van der Waals surface area contributed by atoms with Gasteiger partial charge in [-0.15, -0.1) is 0 Å². The molecule has 0 heterocycles. The van der Waals surface area contributed by atoms with Gasteiger partial charge in [0.25, 0.3) is 0 Å². The summed E-state index contributed by atoms with van der Waals surface area (Å²) in [6.07, 6.45) is 5.16. The van der Waals surface area contributed by atoms with E-state index in [9.17, 15) is 4.79 Å². The van der Waals surface area contributed by atoms with E-state index >= 15 is 0 Å². The molecule has 20 heavy (non-hydrogen) atoms. The van der Waals surface area contributed by atoms with Gasteiger partial charge in [0.05, 0.1) is 11.6 Å². The van der Waals surface area contributed by atoms with Gasteiger partial charge in [-0.2, -0.15) is 0 Å². The van der Waals surface area contributed by atoms with E-state index in [1.165, 1.54) is 5.56 Å². The molecule has 1 aliphatic carbocycles. The number of benzene rings is 1. The maximum atomic E-state index is 11.4. The van der Waals surface area contributed by atoms with Crippen molar-refractivity contribution in [3.05, 3.63) is 35.9 Å². The molecule has 1 amide bonds. The van der Waals surface area contributed by atoms with Gasteiger partial charge in [-0.1, -0.05) is 30.3 Å². The van der Waals surface area contributed by atoms with Crippen molar-refractivity contribution >= 4 is 5.91 Å². The molecule has 0 bridgehead atoms. The number of carbonyl (C=O) groups is 1. The maximum Gasteiger partial charge on any atom is 0.237 e. The zero-order chi connectivity index (χ0) is 14.4. The van der Waals surface area contributed by atoms with Crippen LogP contribution in [-0.2, 0) is 16.0 Å². The fourth-order valence-electron chi connectivity index (χ4n) is 2.79. The zero-order valence-electron chi connectivity index (χ0n) is 11.9. The number of rotatable bonds is 6. The molecule has 0 radical (unpaired) electrons. The first kappa shape index (κ1) is 15.0. The minimum atomic E-state index is -0.873. The van der Waals surface area contributed by atoms with Gasteiger partial charge in [0.1, 0.15) is 0 Å². The molecule has 0 aromatic heterocycles.